The van der Waals surface area contributed by atoms with Crippen molar-refractivity contribution in [2.45, 2.75) is 45.1 Å². The second kappa shape index (κ2) is 6.59. The first-order chi connectivity index (χ1) is 8.10. The van der Waals surface area contributed by atoms with Crippen molar-refractivity contribution in [2.24, 2.45) is 17.6 Å². The molecule has 4 N–H and O–H groups in total. The molecule has 0 saturated heterocycles. The fraction of sp³-hybridized carbons (Fsp3) is 0.833. The van der Waals surface area contributed by atoms with Crippen LogP contribution in [0.4, 0.5) is 0 Å². The van der Waals surface area contributed by atoms with Crippen molar-refractivity contribution in [3.05, 3.63) is 0 Å². The number of amides is 1. The summed E-state index contributed by atoms with van der Waals surface area (Å²) < 4.78 is 0. The third-order valence-corrected chi connectivity index (χ3v) is 3.49. The molecule has 3 atom stereocenters. The van der Waals surface area contributed by atoms with E-state index in [1.54, 1.807) is 0 Å². The van der Waals surface area contributed by atoms with Crippen LogP contribution in [0.5, 0.6) is 0 Å². The number of nitrogens with one attached hydrogen (secondary N) is 1. The molecule has 1 amide bonds. The molecule has 1 aliphatic carbocycles. The summed E-state index contributed by atoms with van der Waals surface area (Å²) in [6, 6.07) is -0.758. The Labute approximate surface area is 102 Å². The maximum atomic E-state index is 12.0. The van der Waals surface area contributed by atoms with Gasteiger partial charge in [0.25, 0.3) is 0 Å². The molecular formula is C12H22N2O3. The first-order valence-corrected chi connectivity index (χ1v) is 6.33. The van der Waals surface area contributed by atoms with Gasteiger partial charge in [-0.2, -0.15) is 0 Å². The van der Waals surface area contributed by atoms with Crippen LogP contribution in [0.3, 0.4) is 0 Å². The van der Waals surface area contributed by atoms with E-state index in [0.717, 1.165) is 25.7 Å². The maximum absolute atomic E-state index is 12.0. The zero-order chi connectivity index (χ0) is 12.8. The summed E-state index contributed by atoms with van der Waals surface area (Å²) >= 11 is 0. The van der Waals surface area contributed by atoms with Gasteiger partial charge in [-0.05, 0) is 31.7 Å². The van der Waals surface area contributed by atoms with Crippen LogP contribution in [0.2, 0.25) is 0 Å². The molecule has 1 fully saturated rings. The van der Waals surface area contributed by atoms with E-state index in [9.17, 15) is 9.59 Å². The largest absolute Gasteiger partial charge is 0.480 e. The van der Waals surface area contributed by atoms with Crippen LogP contribution < -0.4 is 11.1 Å². The van der Waals surface area contributed by atoms with Gasteiger partial charge in [-0.1, -0.05) is 19.8 Å². The van der Waals surface area contributed by atoms with Crippen molar-refractivity contribution in [2.75, 3.05) is 6.54 Å². The molecule has 0 aromatic rings. The van der Waals surface area contributed by atoms with Crippen LogP contribution in [-0.2, 0) is 9.59 Å². The number of rotatable bonds is 6. The topological polar surface area (TPSA) is 92.4 Å². The Balaban J connectivity index is 2.54. The predicted octanol–water partition coefficient (Wildman–Crippen LogP) is 0.731. The first kappa shape index (κ1) is 14.0. The van der Waals surface area contributed by atoms with Gasteiger partial charge in [0.2, 0.25) is 5.91 Å². The summed E-state index contributed by atoms with van der Waals surface area (Å²) in [5, 5.41) is 11.6. The molecule has 0 radical (unpaired) electrons. The Kier molecular flexibility index (Phi) is 5.41. The lowest BCUT2D eigenvalue weighted by atomic mass is 9.95. The average molecular weight is 242 g/mol. The number of aliphatic carboxylic acids is 1. The summed E-state index contributed by atoms with van der Waals surface area (Å²) in [7, 11) is 0. The van der Waals surface area contributed by atoms with Crippen LogP contribution in [-0.4, -0.2) is 29.6 Å². The first-order valence-electron chi connectivity index (χ1n) is 6.33. The van der Waals surface area contributed by atoms with Gasteiger partial charge in [0.05, 0.1) is 0 Å². The highest BCUT2D eigenvalue weighted by Crippen LogP contribution is 2.31. The third-order valence-electron chi connectivity index (χ3n) is 3.49. The van der Waals surface area contributed by atoms with E-state index in [4.69, 9.17) is 10.8 Å². The van der Waals surface area contributed by atoms with Crippen molar-refractivity contribution in [1.29, 1.82) is 0 Å². The lowest BCUT2D eigenvalue weighted by molar-refractivity contribution is -0.142. The minimum atomic E-state index is -0.956. The number of hydrogen-bond acceptors (Lipinski definition) is 3. The molecule has 0 aliphatic heterocycles. The smallest absolute Gasteiger partial charge is 0.326 e. The molecule has 1 aliphatic rings. The summed E-state index contributed by atoms with van der Waals surface area (Å²) in [4.78, 5) is 22.9. The number of carbonyl (C=O) groups is 2. The summed E-state index contributed by atoms with van der Waals surface area (Å²) in [5.74, 6) is -0.980. The zero-order valence-corrected chi connectivity index (χ0v) is 10.3. The second-order valence-electron chi connectivity index (χ2n) is 4.72. The molecule has 98 valence electrons. The Bertz CT molecular complexity index is 281. The molecule has 1 saturated carbocycles. The van der Waals surface area contributed by atoms with E-state index < -0.39 is 12.0 Å². The quantitative estimate of drug-likeness (QED) is 0.640. The van der Waals surface area contributed by atoms with E-state index in [1.165, 1.54) is 0 Å². The summed E-state index contributed by atoms with van der Waals surface area (Å²) in [6.45, 7) is 2.41. The Morgan fingerprint density at radius 3 is 2.71 bits per heavy atom. The van der Waals surface area contributed by atoms with Gasteiger partial charge >= 0.3 is 5.97 Å². The van der Waals surface area contributed by atoms with E-state index in [0.29, 0.717) is 13.0 Å². The van der Waals surface area contributed by atoms with Gasteiger partial charge in [0.1, 0.15) is 6.04 Å². The second-order valence-corrected chi connectivity index (χ2v) is 4.72. The van der Waals surface area contributed by atoms with Gasteiger partial charge < -0.3 is 16.2 Å². The highest BCUT2D eigenvalue weighted by molar-refractivity contribution is 5.85. The van der Waals surface area contributed by atoms with Crippen LogP contribution in [0, 0.1) is 11.8 Å². The Morgan fingerprint density at radius 1 is 1.47 bits per heavy atom. The molecule has 0 spiro atoms. The number of nitrogens with two attached hydrogens (primary N) is 1. The van der Waals surface area contributed by atoms with Crippen molar-refractivity contribution in [1.82, 2.24) is 5.32 Å². The van der Waals surface area contributed by atoms with E-state index >= 15 is 0 Å². The Morgan fingerprint density at radius 2 is 2.18 bits per heavy atom. The lowest BCUT2D eigenvalue weighted by Crippen LogP contribution is -2.45. The summed E-state index contributed by atoms with van der Waals surface area (Å²) in [6.07, 6.45) is 4.01. The molecule has 0 aromatic heterocycles. The SMILES string of the molecule is CCC[C@H](NC(=O)C1CCCC1CN)C(=O)O. The molecule has 0 bridgehead atoms. The molecule has 0 heterocycles. The van der Waals surface area contributed by atoms with E-state index in [1.807, 2.05) is 6.92 Å². The number of carboxylic acid groups (broad SMARTS) is 1. The van der Waals surface area contributed by atoms with Crippen LogP contribution >= 0.6 is 0 Å². The van der Waals surface area contributed by atoms with Crippen LogP contribution in [0.1, 0.15) is 39.0 Å². The monoisotopic (exact) mass is 242 g/mol. The van der Waals surface area contributed by atoms with Gasteiger partial charge in [0, 0.05) is 5.92 Å². The molecule has 0 aromatic carbocycles. The number of carbonyl (C=O) groups excluding carboxylic acids is 1. The molecule has 17 heavy (non-hydrogen) atoms. The third kappa shape index (κ3) is 3.70. The predicted molar refractivity (Wildman–Crippen MR) is 64.4 cm³/mol. The van der Waals surface area contributed by atoms with Crippen LogP contribution in [0.25, 0.3) is 0 Å². The van der Waals surface area contributed by atoms with Crippen molar-refractivity contribution >= 4 is 11.9 Å². The van der Waals surface area contributed by atoms with Crippen LogP contribution in [0.15, 0.2) is 0 Å². The van der Waals surface area contributed by atoms with Gasteiger partial charge in [0.15, 0.2) is 0 Å². The van der Waals surface area contributed by atoms with Crippen molar-refractivity contribution in [3.63, 3.8) is 0 Å². The average Bonchev–Trinajstić information content (AvgIpc) is 2.76. The highest BCUT2D eigenvalue weighted by atomic mass is 16.4. The minimum absolute atomic E-state index is 0.0984. The molecular weight excluding hydrogens is 220 g/mol. The van der Waals surface area contributed by atoms with Gasteiger partial charge in [-0.15, -0.1) is 0 Å². The minimum Gasteiger partial charge on any atom is -0.480 e. The lowest BCUT2D eigenvalue weighted by Gasteiger charge is -2.20. The van der Waals surface area contributed by atoms with Crippen molar-refractivity contribution < 1.29 is 14.7 Å². The number of carboxylic acids is 1. The molecule has 5 nitrogen and oxygen atoms in total. The maximum Gasteiger partial charge on any atom is 0.326 e. The highest BCUT2D eigenvalue weighted by Gasteiger charge is 2.33. The van der Waals surface area contributed by atoms with Gasteiger partial charge in [-0.25, -0.2) is 4.79 Å². The zero-order valence-electron chi connectivity index (χ0n) is 10.3. The van der Waals surface area contributed by atoms with E-state index in [-0.39, 0.29) is 17.7 Å². The fourth-order valence-electron chi connectivity index (χ4n) is 2.49. The summed E-state index contributed by atoms with van der Waals surface area (Å²) in [5.41, 5.74) is 5.61. The number of hydrogen-bond donors (Lipinski definition) is 3. The molecule has 5 heteroatoms. The Hall–Kier alpha value is -1.10. The normalized spacial score (nSPS) is 25.5. The fourth-order valence-corrected chi connectivity index (χ4v) is 2.49. The molecule has 2 unspecified atom stereocenters. The molecule has 1 rings (SSSR count). The van der Waals surface area contributed by atoms with Gasteiger partial charge in [-0.3, -0.25) is 4.79 Å². The van der Waals surface area contributed by atoms with Crippen molar-refractivity contribution in [3.8, 4) is 0 Å². The standard InChI is InChI=1S/C12H22N2O3/c1-2-4-10(12(16)17)14-11(15)9-6-3-5-8(9)7-13/h8-10H,2-7,13H2,1H3,(H,14,15)(H,16,17)/t8?,9?,10-/m0/s1. The van der Waals surface area contributed by atoms with E-state index in [2.05, 4.69) is 5.32 Å².